The monoisotopic (exact) mass is 235 g/mol. The van der Waals surface area contributed by atoms with Gasteiger partial charge in [0, 0.05) is 11.3 Å². The van der Waals surface area contributed by atoms with Crippen LogP contribution in [-0.2, 0) is 4.79 Å². The molecule has 0 heterocycles. The van der Waals surface area contributed by atoms with Crippen molar-refractivity contribution in [2.45, 2.75) is 6.42 Å². The molecule has 2 heteroatoms. The van der Waals surface area contributed by atoms with Gasteiger partial charge in [-0.25, -0.2) is 0 Å². The Morgan fingerprint density at radius 2 is 1.56 bits per heavy atom. The van der Waals surface area contributed by atoms with E-state index < -0.39 is 0 Å². The van der Waals surface area contributed by atoms with E-state index in [0.29, 0.717) is 0 Å². The van der Waals surface area contributed by atoms with Gasteiger partial charge in [-0.15, -0.1) is 0 Å². The van der Waals surface area contributed by atoms with Gasteiger partial charge in [0.05, 0.1) is 6.42 Å². The summed E-state index contributed by atoms with van der Waals surface area (Å²) < 4.78 is 0. The predicted molar refractivity (Wildman–Crippen MR) is 73.0 cm³/mol. The van der Waals surface area contributed by atoms with Crippen molar-refractivity contribution in [3.63, 3.8) is 0 Å². The van der Waals surface area contributed by atoms with Gasteiger partial charge in [-0.05, 0) is 24.3 Å². The Hall–Kier alpha value is -2.53. The van der Waals surface area contributed by atoms with Gasteiger partial charge in [-0.2, -0.15) is 0 Å². The highest BCUT2D eigenvalue weighted by Crippen LogP contribution is 2.05. The van der Waals surface area contributed by atoms with Crippen molar-refractivity contribution in [1.29, 1.82) is 0 Å². The van der Waals surface area contributed by atoms with E-state index in [1.54, 1.807) is 0 Å². The number of anilines is 1. The van der Waals surface area contributed by atoms with Gasteiger partial charge in [0.25, 0.3) is 0 Å². The second-order valence-electron chi connectivity index (χ2n) is 3.76. The lowest BCUT2D eigenvalue weighted by molar-refractivity contribution is -0.115. The van der Waals surface area contributed by atoms with Crippen molar-refractivity contribution in [1.82, 2.24) is 0 Å². The van der Waals surface area contributed by atoms with Crippen molar-refractivity contribution >= 4 is 11.6 Å². The summed E-state index contributed by atoms with van der Waals surface area (Å²) in [6.07, 6.45) is 0.198. The van der Waals surface area contributed by atoms with Crippen molar-refractivity contribution in [2.24, 2.45) is 0 Å². The number of nitrogens with one attached hydrogen (secondary N) is 1. The minimum Gasteiger partial charge on any atom is -0.325 e. The molecule has 2 rings (SSSR count). The third kappa shape index (κ3) is 3.80. The van der Waals surface area contributed by atoms with E-state index in [-0.39, 0.29) is 12.3 Å². The first-order valence-electron chi connectivity index (χ1n) is 5.73. The van der Waals surface area contributed by atoms with Crippen LogP contribution in [0.4, 0.5) is 5.69 Å². The third-order valence-electron chi connectivity index (χ3n) is 2.31. The number of carbonyl (C=O) groups excluding carboxylic acids is 1. The molecule has 0 aliphatic carbocycles. The lowest BCUT2D eigenvalue weighted by Gasteiger charge is -2.00. The van der Waals surface area contributed by atoms with Gasteiger partial charge in [0.1, 0.15) is 0 Å². The van der Waals surface area contributed by atoms with Crippen LogP contribution in [0.2, 0.25) is 0 Å². The molecule has 0 saturated carbocycles. The number of hydrogen-bond donors (Lipinski definition) is 1. The lowest BCUT2D eigenvalue weighted by atomic mass is 10.2. The minimum atomic E-state index is -0.0929. The Balaban J connectivity index is 1.88. The molecule has 0 fully saturated rings. The molecule has 0 spiro atoms. The normalized spacial score (nSPS) is 9.11. The first-order chi connectivity index (χ1) is 8.84. The number of hydrogen-bond acceptors (Lipinski definition) is 1. The molecular weight excluding hydrogens is 222 g/mol. The van der Waals surface area contributed by atoms with Gasteiger partial charge in [-0.3, -0.25) is 4.79 Å². The van der Waals surface area contributed by atoms with Crippen LogP contribution in [0.3, 0.4) is 0 Å². The topological polar surface area (TPSA) is 29.1 Å². The highest BCUT2D eigenvalue weighted by molar-refractivity contribution is 5.92. The van der Waals surface area contributed by atoms with E-state index in [9.17, 15) is 4.79 Å². The fourth-order valence-electron chi connectivity index (χ4n) is 1.47. The summed E-state index contributed by atoms with van der Waals surface area (Å²) in [6, 6.07) is 19.0. The van der Waals surface area contributed by atoms with E-state index in [2.05, 4.69) is 17.2 Å². The second-order valence-corrected chi connectivity index (χ2v) is 3.76. The molecule has 1 amide bonds. The quantitative estimate of drug-likeness (QED) is 0.796. The summed E-state index contributed by atoms with van der Waals surface area (Å²) in [6.45, 7) is 0. The van der Waals surface area contributed by atoms with E-state index in [0.717, 1.165) is 11.3 Å². The smallest absolute Gasteiger partial charge is 0.236 e. The first kappa shape index (κ1) is 11.9. The highest BCUT2D eigenvalue weighted by atomic mass is 16.1. The molecule has 2 nitrogen and oxygen atoms in total. The molecule has 0 bridgehead atoms. The molecule has 0 aliphatic rings. The van der Waals surface area contributed by atoms with Gasteiger partial charge >= 0.3 is 0 Å². The van der Waals surface area contributed by atoms with E-state index >= 15 is 0 Å². The van der Waals surface area contributed by atoms with E-state index in [4.69, 9.17) is 0 Å². The Morgan fingerprint density at radius 3 is 2.22 bits per heavy atom. The maximum atomic E-state index is 11.6. The van der Waals surface area contributed by atoms with Crippen LogP contribution in [0.25, 0.3) is 0 Å². The second kappa shape index (κ2) is 6.27. The molecule has 0 aromatic heterocycles. The summed E-state index contributed by atoms with van der Waals surface area (Å²) in [4.78, 5) is 11.6. The summed E-state index contributed by atoms with van der Waals surface area (Å²) in [7, 11) is 0. The molecule has 0 aliphatic heterocycles. The number of para-hydroxylation sites is 1. The SMILES string of the molecule is O=C(CC#Cc1ccccc1)Nc1ccccc1. The van der Waals surface area contributed by atoms with Gasteiger partial charge < -0.3 is 5.32 Å². The van der Waals surface area contributed by atoms with Crippen LogP contribution >= 0.6 is 0 Å². The maximum Gasteiger partial charge on any atom is 0.236 e. The van der Waals surface area contributed by atoms with Gasteiger partial charge in [-0.1, -0.05) is 48.2 Å². The Labute approximate surface area is 107 Å². The number of amides is 1. The summed E-state index contributed by atoms with van der Waals surface area (Å²) >= 11 is 0. The summed E-state index contributed by atoms with van der Waals surface area (Å²) in [5, 5.41) is 2.79. The minimum absolute atomic E-state index is 0.0929. The molecule has 0 saturated heterocycles. The number of carbonyl (C=O) groups is 1. The molecule has 0 unspecified atom stereocenters. The average molecular weight is 235 g/mol. The standard InChI is InChI=1S/C16H13NO/c18-16(17-15-11-5-2-6-12-15)13-7-10-14-8-3-1-4-9-14/h1-6,8-9,11-12H,13H2,(H,17,18). The van der Waals surface area contributed by atoms with Crippen LogP contribution in [0.15, 0.2) is 60.7 Å². The van der Waals surface area contributed by atoms with Crippen molar-refractivity contribution in [3.05, 3.63) is 66.2 Å². The largest absolute Gasteiger partial charge is 0.325 e. The highest BCUT2D eigenvalue weighted by Gasteiger charge is 1.98. The average Bonchev–Trinajstić information content (AvgIpc) is 2.41. The molecule has 18 heavy (non-hydrogen) atoms. The molecule has 0 atom stereocenters. The fraction of sp³-hybridized carbons (Fsp3) is 0.0625. The zero-order chi connectivity index (χ0) is 12.6. The fourth-order valence-corrected chi connectivity index (χ4v) is 1.47. The molecule has 2 aromatic carbocycles. The van der Waals surface area contributed by atoms with Crippen LogP contribution in [0.1, 0.15) is 12.0 Å². The first-order valence-corrected chi connectivity index (χ1v) is 5.73. The van der Waals surface area contributed by atoms with Crippen molar-refractivity contribution in [2.75, 3.05) is 5.32 Å². The molecule has 0 radical (unpaired) electrons. The number of rotatable bonds is 2. The predicted octanol–water partition coefficient (Wildman–Crippen LogP) is 3.07. The van der Waals surface area contributed by atoms with Crippen LogP contribution in [0.5, 0.6) is 0 Å². The van der Waals surface area contributed by atoms with Crippen LogP contribution in [-0.4, -0.2) is 5.91 Å². The Morgan fingerprint density at radius 1 is 0.944 bits per heavy atom. The molecular formula is C16H13NO. The number of benzene rings is 2. The van der Waals surface area contributed by atoms with Gasteiger partial charge in [0.15, 0.2) is 0 Å². The Bertz CT molecular complexity index is 564. The zero-order valence-electron chi connectivity index (χ0n) is 9.89. The lowest BCUT2D eigenvalue weighted by Crippen LogP contribution is -2.09. The van der Waals surface area contributed by atoms with Crippen LogP contribution in [0, 0.1) is 11.8 Å². The summed E-state index contributed by atoms with van der Waals surface area (Å²) in [5.74, 6) is 5.72. The Kier molecular flexibility index (Phi) is 4.16. The summed E-state index contributed by atoms with van der Waals surface area (Å²) in [5.41, 5.74) is 1.72. The van der Waals surface area contributed by atoms with Crippen LogP contribution < -0.4 is 5.32 Å². The van der Waals surface area contributed by atoms with Crippen molar-refractivity contribution < 1.29 is 4.79 Å². The molecule has 1 N–H and O–H groups in total. The molecule has 2 aromatic rings. The third-order valence-corrected chi connectivity index (χ3v) is 2.31. The van der Waals surface area contributed by atoms with E-state index in [1.165, 1.54) is 0 Å². The van der Waals surface area contributed by atoms with E-state index in [1.807, 2.05) is 60.7 Å². The maximum absolute atomic E-state index is 11.6. The van der Waals surface area contributed by atoms with Crippen molar-refractivity contribution in [3.8, 4) is 11.8 Å². The molecule has 88 valence electrons. The zero-order valence-corrected chi connectivity index (χ0v) is 9.89. The van der Waals surface area contributed by atoms with Gasteiger partial charge in [0.2, 0.25) is 5.91 Å².